The fourth-order valence-electron chi connectivity index (χ4n) is 2.58. The summed E-state index contributed by atoms with van der Waals surface area (Å²) >= 11 is 0. The molecule has 0 atom stereocenters. The number of hydrogen-bond acceptors (Lipinski definition) is 2. The van der Waals surface area contributed by atoms with Gasteiger partial charge in [-0.25, -0.2) is 8.78 Å². The van der Waals surface area contributed by atoms with Gasteiger partial charge < -0.3 is 4.74 Å². The Balaban J connectivity index is 1.75. The molecule has 0 N–H and O–H groups in total. The molecule has 3 rings (SSSR count). The number of nitrogens with zero attached hydrogens (tertiary/aromatic N) is 1. The van der Waals surface area contributed by atoms with Crippen LogP contribution in [0.25, 0.3) is 0 Å². The summed E-state index contributed by atoms with van der Waals surface area (Å²) in [6.45, 7) is 1.56. The molecule has 104 valence electrons. The molecular formula is C16H15F2NO. The molecule has 0 bridgehead atoms. The Labute approximate surface area is 116 Å². The van der Waals surface area contributed by atoms with Crippen LogP contribution in [0.2, 0.25) is 0 Å². The molecule has 0 radical (unpaired) electrons. The molecule has 0 aliphatic carbocycles. The molecule has 0 fully saturated rings. The van der Waals surface area contributed by atoms with Crippen molar-refractivity contribution in [2.75, 3.05) is 7.11 Å². The van der Waals surface area contributed by atoms with Gasteiger partial charge in [0.2, 0.25) is 0 Å². The number of rotatable bonds is 3. The molecule has 0 amide bonds. The van der Waals surface area contributed by atoms with Crippen LogP contribution < -0.4 is 4.74 Å². The Morgan fingerprint density at radius 3 is 2.00 bits per heavy atom. The van der Waals surface area contributed by atoms with E-state index in [9.17, 15) is 8.78 Å². The Morgan fingerprint density at radius 1 is 0.950 bits per heavy atom. The smallest absolute Gasteiger partial charge is 0.128 e. The first-order valence-electron chi connectivity index (χ1n) is 6.48. The largest absolute Gasteiger partial charge is 0.497 e. The van der Waals surface area contributed by atoms with E-state index in [4.69, 9.17) is 4.74 Å². The van der Waals surface area contributed by atoms with Crippen molar-refractivity contribution in [2.24, 2.45) is 0 Å². The molecule has 0 aromatic heterocycles. The maximum Gasteiger partial charge on any atom is 0.128 e. The van der Waals surface area contributed by atoms with Crippen LogP contribution in [-0.4, -0.2) is 12.0 Å². The van der Waals surface area contributed by atoms with Crippen molar-refractivity contribution in [3.8, 4) is 5.75 Å². The van der Waals surface area contributed by atoms with Crippen LogP contribution in [0.15, 0.2) is 36.4 Å². The highest BCUT2D eigenvalue weighted by atomic mass is 19.1. The molecule has 0 saturated heterocycles. The van der Waals surface area contributed by atoms with E-state index in [2.05, 4.69) is 0 Å². The molecule has 0 unspecified atom stereocenters. The Hall–Kier alpha value is -1.94. The number of halogens is 2. The Kier molecular flexibility index (Phi) is 3.40. The van der Waals surface area contributed by atoms with Gasteiger partial charge in [-0.3, -0.25) is 4.90 Å². The van der Waals surface area contributed by atoms with E-state index < -0.39 is 0 Å². The minimum absolute atomic E-state index is 0.321. The SMILES string of the molecule is COc1ccc(CN2Cc3c(F)ccc(F)c3C2)cc1. The third-order valence-corrected chi connectivity index (χ3v) is 3.65. The van der Waals surface area contributed by atoms with Gasteiger partial charge in [-0.1, -0.05) is 12.1 Å². The third kappa shape index (κ3) is 2.39. The third-order valence-electron chi connectivity index (χ3n) is 3.65. The topological polar surface area (TPSA) is 12.5 Å². The van der Waals surface area contributed by atoms with Gasteiger partial charge in [-0.05, 0) is 29.8 Å². The summed E-state index contributed by atoms with van der Waals surface area (Å²) in [5.41, 5.74) is 2.07. The highest BCUT2D eigenvalue weighted by molar-refractivity contribution is 5.34. The van der Waals surface area contributed by atoms with Gasteiger partial charge in [-0.15, -0.1) is 0 Å². The van der Waals surface area contributed by atoms with E-state index in [1.165, 1.54) is 12.1 Å². The zero-order valence-electron chi connectivity index (χ0n) is 11.2. The number of fused-ring (bicyclic) bond motifs is 1. The lowest BCUT2D eigenvalue weighted by Crippen LogP contribution is -2.15. The van der Waals surface area contributed by atoms with E-state index in [-0.39, 0.29) is 11.6 Å². The van der Waals surface area contributed by atoms with Crippen LogP contribution in [0.3, 0.4) is 0 Å². The fraction of sp³-hybridized carbons (Fsp3) is 0.250. The fourth-order valence-corrected chi connectivity index (χ4v) is 2.58. The van der Waals surface area contributed by atoms with Crippen LogP contribution in [0.1, 0.15) is 16.7 Å². The summed E-state index contributed by atoms with van der Waals surface area (Å²) in [5, 5.41) is 0. The van der Waals surface area contributed by atoms with Crippen LogP contribution in [0.5, 0.6) is 5.75 Å². The van der Waals surface area contributed by atoms with Crippen LogP contribution in [0, 0.1) is 11.6 Å². The summed E-state index contributed by atoms with van der Waals surface area (Å²) in [4.78, 5) is 2.03. The van der Waals surface area contributed by atoms with Crippen LogP contribution in [-0.2, 0) is 19.6 Å². The Morgan fingerprint density at radius 2 is 1.50 bits per heavy atom. The van der Waals surface area contributed by atoms with Gasteiger partial charge >= 0.3 is 0 Å². The molecule has 0 saturated carbocycles. The van der Waals surface area contributed by atoms with Crippen LogP contribution in [0.4, 0.5) is 8.78 Å². The number of benzene rings is 2. The van der Waals surface area contributed by atoms with Gasteiger partial charge in [0, 0.05) is 30.8 Å². The molecule has 1 heterocycles. The molecule has 4 heteroatoms. The normalized spacial score (nSPS) is 14.3. The standard InChI is InChI=1S/C16H15F2NO/c1-20-12-4-2-11(3-5-12)8-19-9-13-14(10-19)16(18)7-6-15(13)17/h2-7H,8-10H2,1H3. The van der Waals surface area contributed by atoms with Crippen LogP contribution >= 0.6 is 0 Å². The van der Waals surface area contributed by atoms with Crippen molar-refractivity contribution in [3.63, 3.8) is 0 Å². The lowest BCUT2D eigenvalue weighted by atomic mass is 10.1. The van der Waals surface area contributed by atoms with Crippen molar-refractivity contribution >= 4 is 0 Å². The predicted molar refractivity (Wildman–Crippen MR) is 72.3 cm³/mol. The quantitative estimate of drug-likeness (QED) is 0.850. The van der Waals surface area contributed by atoms with E-state index in [1.54, 1.807) is 7.11 Å². The van der Waals surface area contributed by atoms with E-state index in [0.29, 0.717) is 30.8 Å². The van der Waals surface area contributed by atoms with Crippen molar-refractivity contribution in [2.45, 2.75) is 19.6 Å². The molecule has 20 heavy (non-hydrogen) atoms. The zero-order chi connectivity index (χ0) is 14.1. The highest BCUT2D eigenvalue weighted by Gasteiger charge is 2.25. The lowest BCUT2D eigenvalue weighted by molar-refractivity contribution is 0.272. The molecule has 0 spiro atoms. The van der Waals surface area contributed by atoms with Crippen molar-refractivity contribution in [1.82, 2.24) is 4.90 Å². The summed E-state index contributed by atoms with van der Waals surface area (Å²) in [6.07, 6.45) is 0. The Bertz CT molecular complexity index is 594. The summed E-state index contributed by atoms with van der Waals surface area (Å²) in [6, 6.07) is 10.1. The molecule has 1 aliphatic heterocycles. The van der Waals surface area contributed by atoms with Gasteiger partial charge in [0.05, 0.1) is 7.11 Å². The van der Waals surface area contributed by atoms with Gasteiger partial charge in [0.25, 0.3) is 0 Å². The zero-order valence-corrected chi connectivity index (χ0v) is 11.2. The second-order valence-corrected chi connectivity index (χ2v) is 4.98. The average molecular weight is 275 g/mol. The minimum atomic E-state index is -0.321. The van der Waals surface area contributed by atoms with Crippen molar-refractivity contribution < 1.29 is 13.5 Å². The first-order valence-corrected chi connectivity index (χ1v) is 6.48. The molecule has 2 aromatic rings. The maximum atomic E-state index is 13.7. The second-order valence-electron chi connectivity index (χ2n) is 4.98. The molecule has 1 aliphatic rings. The van der Waals surface area contributed by atoms with Crippen molar-refractivity contribution in [1.29, 1.82) is 0 Å². The van der Waals surface area contributed by atoms with E-state index in [0.717, 1.165) is 11.3 Å². The van der Waals surface area contributed by atoms with E-state index >= 15 is 0 Å². The van der Waals surface area contributed by atoms with E-state index in [1.807, 2.05) is 29.2 Å². The first kappa shape index (κ1) is 13.1. The average Bonchev–Trinajstić information content (AvgIpc) is 2.89. The monoisotopic (exact) mass is 275 g/mol. The van der Waals surface area contributed by atoms with Gasteiger partial charge in [0.1, 0.15) is 17.4 Å². The summed E-state index contributed by atoms with van der Waals surface area (Å²) < 4.78 is 32.5. The first-order chi connectivity index (χ1) is 9.67. The number of ether oxygens (including phenoxy) is 1. The second kappa shape index (κ2) is 5.21. The summed E-state index contributed by atoms with van der Waals surface area (Å²) in [7, 11) is 1.62. The molecular weight excluding hydrogens is 260 g/mol. The van der Waals surface area contributed by atoms with Crippen molar-refractivity contribution in [3.05, 3.63) is 64.7 Å². The summed E-state index contributed by atoms with van der Waals surface area (Å²) in [5.74, 6) is 0.160. The number of methoxy groups -OCH3 is 1. The van der Waals surface area contributed by atoms with Gasteiger partial charge in [-0.2, -0.15) is 0 Å². The number of hydrogen-bond donors (Lipinski definition) is 0. The lowest BCUT2D eigenvalue weighted by Gasteiger charge is -2.15. The maximum absolute atomic E-state index is 13.7. The molecule has 2 aromatic carbocycles. The highest BCUT2D eigenvalue weighted by Crippen LogP contribution is 2.28. The predicted octanol–water partition coefficient (Wildman–Crippen LogP) is 3.49. The molecule has 2 nitrogen and oxygen atoms in total. The minimum Gasteiger partial charge on any atom is -0.497 e. The van der Waals surface area contributed by atoms with Gasteiger partial charge in [0.15, 0.2) is 0 Å².